The van der Waals surface area contributed by atoms with Crippen LogP contribution in [-0.2, 0) is 4.74 Å². The van der Waals surface area contributed by atoms with Crippen molar-refractivity contribution in [2.75, 3.05) is 20.3 Å². The van der Waals surface area contributed by atoms with Gasteiger partial charge in [-0.1, -0.05) is 18.2 Å². The lowest BCUT2D eigenvalue weighted by atomic mass is 10.1. The number of benzene rings is 1. The van der Waals surface area contributed by atoms with E-state index < -0.39 is 0 Å². The van der Waals surface area contributed by atoms with Gasteiger partial charge in [0.15, 0.2) is 0 Å². The summed E-state index contributed by atoms with van der Waals surface area (Å²) in [6.07, 6.45) is 1.11. The quantitative estimate of drug-likeness (QED) is 0.872. The predicted octanol–water partition coefficient (Wildman–Crippen LogP) is 2.46. The average Bonchev–Trinajstić information content (AvgIpc) is 2.33. The topological polar surface area (TPSA) is 21.3 Å². The molecule has 1 aromatic carbocycles. The van der Waals surface area contributed by atoms with Crippen molar-refractivity contribution >= 4 is 11.8 Å². The average molecular weight is 237 g/mol. The first-order valence-corrected chi connectivity index (χ1v) is 6.66. The molecular formula is C13H19NOS. The van der Waals surface area contributed by atoms with Gasteiger partial charge >= 0.3 is 0 Å². The number of rotatable bonds is 3. The van der Waals surface area contributed by atoms with E-state index in [-0.39, 0.29) is 0 Å². The zero-order valence-corrected chi connectivity index (χ0v) is 10.7. The molecule has 1 aromatic rings. The van der Waals surface area contributed by atoms with Crippen molar-refractivity contribution in [1.82, 2.24) is 5.32 Å². The van der Waals surface area contributed by atoms with Gasteiger partial charge in [0.1, 0.15) is 0 Å². The van der Waals surface area contributed by atoms with E-state index in [2.05, 4.69) is 36.5 Å². The van der Waals surface area contributed by atoms with Gasteiger partial charge in [0.25, 0.3) is 0 Å². The van der Waals surface area contributed by atoms with Crippen LogP contribution in [0.3, 0.4) is 0 Å². The number of hydrogen-bond donors (Lipinski definition) is 1. The molecule has 0 radical (unpaired) electrons. The van der Waals surface area contributed by atoms with Crippen molar-refractivity contribution in [3.8, 4) is 0 Å². The fraction of sp³-hybridized carbons (Fsp3) is 0.538. The highest BCUT2D eigenvalue weighted by atomic mass is 32.2. The summed E-state index contributed by atoms with van der Waals surface area (Å²) in [5.74, 6) is 0. The monoisotopic (exact) mass is 237 g/mol. The van der Waals surface area contributed by atoms with Gasteiger partial charge < -0.3 is 10.1 Å². The fourth-order valence-electron chi connectivity index (χ4n) is 2.01. The zero-order valence-electron chi connectivity index (χ0n) is 9.90. The molecule has 0 aromatic heterocycles. The van der Waals surface area contributed by atoms with E-state index in [1.807, 2.05) is 18.8 Å². The lowest BCUT2D eigenvalue weighted by Crippen LogP contribution is -2.43. The van der Waals surface area contributed by atoms with E-state index in [9.17, 15) is 0 Å². The normalized spacial score (nSPS) is 25.6. The van der Waals surface area contributed by atoms with Crippen molar-refractivity contribution in [2.24, 2.45) is 0 Å². The van der Waals surface area contributed by atoms with Crippen molar-refractivity contribution in [1.29, 1.82) is 0 Å². The maximum atomic E-state index is 5.57. The Labute approximate surface area is 102 Å². The molecule has 3 heteroatoms. The first-order valence-electron chi connectivity index (χ1n) is 5.78. The largest absolute Gasteiger partial charge is 0.380 e. The Morgan fingerprint density at radius 2 is 2.19 bits per heavy atom. The highest BCUT2D eigenvalue weighted by molar-refractivity contribution is 8.00. The maximum absolute atomic E-state index is 5.57. The molecule has 1 aliphatic heterocycles. The van der Waals surface area contributed by atoms with Crippen molar-refractivity contribution < 1.29 is 4.74 Å². The minimum atomic E-state index is 0.528. The summed E-state index contributed by atoms with van der Waals surface area (Å²) in [6.45, 7) is 3.90. The van der Waals surface area contributed by atoms with Gasteiger partial charge in [0, 0.05) is 22.8 Å². The molecule has 1 fully saturated rings. The Kier molecular flexibility index (Phi) is 4.27. The SMILES string of the molecule is CNC1CCOCC1Sc1ccccc1C. The second kappa shape index (κ2) is 5.71. The summed E-state index contributed by atoms with van der Waals surface area (Å²) in [6, 6.07) is 9.12. The number of aryl methyl sites for hydroxylation is 1. The first-order chi connectivity index (χ1) is 7.81. The third-order valence-electron chi connectivity index (χ3n) is 3.05. The molecule has 16 heavy (non-hydrogen) atoms. The zero-order chi connectivity index (χ0) is 11.4. The molecule has 0 saturated carbocycles. The Bertz CT molecular complexity index is 342. The molecule has 1 N–H and O–H groups in total. The molecule has 2 nitrogen and oxygen atoms in total. The summed E-state index contributed by atoms with van der Waals surface area (Å²) < 4.78 is 5.57. The van der Waals surface area contributed by atoms with Crippen LogP contribution in [-0.4, -0.2) is 31.6 Å². The number of thioether (sulfide) groups is 1. The van der Waals surface area contributed by atoms with E-state index in [0.29, 0.717) is 11.3 Å². The smallest absolute Gasteiger partial charge is 0.0603 e. The third-order valence-corrected chi connectivity index (χ3v) is 4.53. The van der Waals surface area contributed by atoms with Gasteiger partial charge in [-0.15, -0.1) is 11.8 Å². The second-order valence-electron chi connectivity index (χ2n) is 4.18. The summed E-state index contributed by atoms with van der Waals surface area (Å²) in [4.78, 5) is 1.37. The second-order valence-corrected chi connectivity index (χ2v) is 5.46. The van der Waals surface area contributed by atoms with Gasteiger partial charge in [-0.25, -0.2) is 0 Å². The lowest BCUT2D eigenvalue weighted by molar-refractivity contribution is 0.0850. The van der Waals surface area contributed by atoms with Crippen LogP contribution < -0.4 is 5.32 Å². The Morgan fingerprint density at radius 1 is 1.38 bits per heavy atom. The van der Waals surface area contributed by atoms with E-state index in [0.717, 1.165) is 19.6 Å². The molecule has 2 atom stereocenters. The number of nitrogens with one attached hydrogen (secondary N) is 1. The number of ether oxygens (including phenoxy) is 1. The van der Waals surface area contributed by atoms with Crippen LogP contribution in [0.2, 0.25) is 0 Å². The molecule has 2 unspecified atom stereocenters. The van der Waals surface area contributed by atoms with Crippen molar-refractivity contribution in [3.05, 3.63) is 29.8 Å². The standard InChI is InChI=1S/C13H19NOS/c1-10-5-3-4-6-12(10)16-13-9-15-8-7-11(13)14-2/h3-6,11,13-14H,7-9H2,1-2H3. The van der Waals surface area contributed by atoms with Crippen LogP contribution in [0.4, 0.5) is 0 Å². The summed E-state index contributed by atoms with van der Waals surface area (Å²) in [5, 5.41) is 3.92. The van der Waals surface area contributed by atoms with E-state index in [1.54, 1.807) is 0 Å². The van der Waals surface area contributed by atoms with Gasteiger partial charge in [-0.3, -0.25) is 0 Å². The van der Waals surface area contributed by atoms with Gasteiger partial charge in [-0.05, 0) is 32.0 Å². The first kappa shape index (κ1) is 12.0. The van der Waals surface area contributed by atoms with Crippen molar-refractivity contribution in [3.63, 3.8) is 0 Å². The van der Waals surface area contributed by atoms with Crippen LogP contribution in [0.1, 0.15) is 12.0 Å². The molecular weight excluding hydrogens is 218 g/mol. The summed E-state index contributed by atoms with van der Waals surface area (Å²) in [5.41, 5.74) is 1.35. The van der Waals surface area contributed by atoms with E-state index in [4.69, 9.17) is 4.74 Å². The lowest BCUT2D eigenvalue weighted by Gasteiger charge is -2.31. The van der Waals surface area contributed by atoms with Crippen LogP contribution in [0.5, 0.6) is 0 Å². The Hall–Kier alpha value is -0.510. The summed E-state index contributed by atoms with van der Waals surface area (Å²) in [7, 11) is 2.04. The molecule has 0 aliphatic carbocycles. The van der Waals surface area contributed by atoms with Crippen LogP contribution >= 0.6 is 11.8 Å². The number of hydrogen-bond acceptors (Lipinski definition) is 3. The molecule has 0 amide bonds. The van der Waals surface area contributed by atoms with Crippen LogP contribution in [0, 0.1) is 6.92 Å². The Morgan fingerprint density at radius 3 is 2.94 bits per heavy atom. The van der Waals surface area contributed by atoms with Crippen molar-refractivity contribution in [2.45, 2.75) is 29.5 Å². The molecule has 1 heterocycles. The predicted molar refractivity (Wildman–Crippen MR) is 69.1 cm³/mol. The molecule has 2 rings (SSSR count). The molecule has 0 bridgehead atoms. The minimum absolute atomic E-state index is 0.528. The highest BCUT2D eigenvalue weighted by Crippen LogP contribution is 2.30. The molecule has 88 valence electrons. The van der Waals surface area contributed by atoms with Crippen LogP contribution in [0.15, 0.2) is 29.2 Å². The minimum Gasteiger partial charge on any atom is -0.380 e. The van der Waals surface area contributed by atoms with E-state index >= 15 is 0 Å². The Balaban J connectivity index is 2.05. The van der Waals surface area contributed by atoms with Gasteiger partial charge in [0.2, 0.25) is 0 Å². The molecule has 0 spiro atoms. The fourth-order valence-corrected chi connectivity index (χ4v) is 3.35. The van der Waals surface area contributed by atoms with Gasteiger partial charge in [-0.2, -0.15) is 0 Å². The molecule has 1 aliphatic rings. The van der Waals surface area contributed by atoms with Crippen LogP contribution in [0.25, 0.3) is 0 Å². The highest BCUT2D eigenvalue weighted by Gasteiger charge is 2.25. The maximum Gasteiger partial charge on any atom is 0.0603 e. The third kappa shape index (κ3) is 2.78. The molecule has 1 saturated heterocycles. The van der Waals surface area contributed by atoms with E-state index in [1.165, 1.54) is 10.5 Å². The summed E-state index contributed by atoms with van der Waals surface area (Å²) >= 11 is 1.94. The van der Waals surface area contributed by atoms with Gasteiger partial charge in [0.05, 0.1) is 6.61 Å².